The van der Waals surface area contributed by atoms with Crippen LogP contribution in [-0.2, 0) is 15.1 Å². The average molecular weight is 274 g/mol. The molecule has 2 aliphatic rings. The van der Waals surface area contributed by atoms with E-state index in [1.165, 1.54) is 5.56 Å². The first kappa shape index (κ1) is 13.6. The van der Waals surface area contributed by atoms with E-state index in [2.05, 4.69) is 11.4 Å². The molecule has 0 radical (unpaired) electrons. The van der Waals surface area contributed by atoms with E-state index in [1.807, 2.05) is 32.2 Å². The van der Waals surface area contributed by atoms with Crippen molar-refractivity contribution in [1.29, 1.82) is 0 Å². The maximum atomic E-state index is 12.6. The third-order valence-corrected chi connectivity index (χ3v) is 4.56. The van der Waals surface area contributed by atoms with Gasteiger partial charge in [-0.25, -0.2) is 0 Å². The molecule has 1 amide bonds. The minimum atomic E-state index is -0.436. The highest BCUT2D eigenvalue weighted by Gasteiger charge is 2.48. The summed E-state index contributed by atoms with van der Waals surface area (Å²) in [7, 11) is 1.84. The predicted octanol–water partition coefficient (Wildman–Crippen LogP) is 1.81. The van der Waals surface area contributed by atoms with Gasteiger partial charge >= 0.3 is 0 Å². The number of benzene rings is 1. The van der Waals surface area contributed by atoms with E-state index in [4.69, 9.17) is 4.74 Å². The molecule has 0 aliphatic carbocycles. The molecule has 1 fully saturated rings. The number of nitrogens with zero attached hydrogens (tertiary/aromatic N) is 1. The molecule has 3 rings (SSSR count). The van der Waals surface area contributed by atoms with E-state index in [1.54, 1.807) is 4.90 Å². The fraction of sp³-hybridized carbons (Fsp3) is 0.562. The number of fused-ring (bicyclic) bond motifs is 2. The highest BCUT2D eigenvalue weighted by atomic mass is 16.5. The fourth-order valence-corrected chi connectivity index (χ4v) is 3.25. The van der Waals surface area contributed by atoms with Crippen LogP contribution in [0.2, 0.25) is 0 Å². The second-order valence-corrected chi connectivity index (χ2v) is 5.68. The number of nitrogens with one attached hydrogen (secondary N) is 1. The van der Waals surface area contributed by atoms with Crippen molar-refractivity contribution in [1.82, 2.24) is 10.2 Å². The summed E-state index contributed by atoms with van der Waals surface area (Å²) in [4.78, 5) is 14.3. The van der Waals surface area contributed by atoms with Gasteiger partial charge in [-0.2, -0.15) is 0 Å². The lowest BCUT2D eigenvalue weighted by Crippen LogP contribution is -2.41. The molecular formula is C16H22N2O2. The van der Waals surface area contributed by atoms with Crippen molar-refractivity contribution in [3.8, 4) is 0 Å². The molecule has 4 heteroatoms. The highest BCUT2D eigenvalue weighted by molar-refractivity contribution is 5.83. The van der Waals surface area contributed by atoms with Gasteiger partial charge in [0, 0.05) is 13.6 Å². The quantitative estimate of drug-likeness (QED) is 0.894. The number of rotatable bonds is 2. The zero-order valence-corrected chi connectivity index (χ0v) is 12.2. The zero-order valence-electron chi connectivity index (χ0n) is 12.2. The van der Waals surface area contributed by atoms with E-state index < -0.39 is 6.10 Å². The first-order chi connectivity index (χ1) is 9.68. The van der Waals surface area contributed by atoms with Crippen LogP contribution in [0.5, 0.6) is 0 Å². The lowest BCUT2D eigenvalue weighted by Gasteiger charge is -2.35. The molecule has 20 heavy (non-hydrogen) atoms. The summed E-state index contributed by atoms with van der Waals surface area (Å²) in [6.07, 6.45) is 1.43. The van der Waals surface area contributed by atoms with Crippen LogP contribution in [0.25, 0.3) is 0 Å². The van der Waals surface area contributed by atoms with Gasteiger partial charge in [-0.3, -0.25) is 4.79 Å². The van der Waals surface area contributed by atoms with Gasteiger partial charge in [-0.15, -0.1) is 0 Å². The van der Waals surface area contributed by atoms with Crippen LogP contribution in [0.3, 0.4) is 0 Å². The molecule has 1 saturated heterocycles. The fourth-order valence-electron chi connectivity index (χ4n) is 3.25. The molecule has 0 bridgehead atoms. The van der Waals surface area contributed by atoms with Crippen molar-refractivity contribution < 1.29 is 9.53 Å². The van der Waals surface area contributed by atoms with E-state index >= 15 is 0 Å². The average Bonchev–Trinajstić information content (AvgIpc) is 2.81. The Morgan fingerprint density at radius 3 is 2.80 bits per heavy atom. The summed E-state index contributed by atoms with van der Waals surface area (Å²) in [6.45, 7) is 4.58. The van der Waals surface area contributed by atoms with Gasteiger partial charge in [-0.1, -0.05) is 24.3 Å². The van der Waals surface area contributed by atoms with Crippen molar-refractivity contribution in [2.45, 2.75) is 31.5 Å². The van der Waals surface area contributed by atoms with Crippen LogP contribution in [0.15, 0.2) is 24.3 Å². The van der Waals surface area contributed by atoms with Gasteiger partial charge in [0.2, 0.25) is 0 Å². The molecule has 1 aromatic rings. The number of ether oxygens (including phenoxy) is 1. The van der Waals surface area contributed by atoms with Crippen LogP contribution in [0, 0.1) is 0 Å². The van der Waals surface area contributed by atoms with Gasteiger partial charge in [0.25, 0.3) is 5.91 Å². The molecule has 1 spiro atoms. The SMILES string of the molecule is CCN(C)C(=O)C1OC2(CCNCC2)c2ccccc21. The monoisotopic (exact) mass is 274 g/mol. The Morgan fingerprint density at radius 1 is 1.40 bits per heavy atom. The van der Waals surface area contributed by atoms with E-state index in [-0.39, 0.29) is 11.5 Å². The maximum Gasteiger partial charge on any atom is 0.256 e. The summed E-state index contributed by atoms with van der Waals surface area (Å²) in [6, 6.07) is 8.20. The summed E-state index contributed by atoms with van der Waals surface area (Å²) in [5.41, 5.74) is 2.00. The Bertz CT molecular complexity index is 509. The molecule has 4 nitrogen and oxygen atoms in total. The first-order valence-corrected chi connectivity index (χ1v) is 7.41. The van der Waals surface area contributed by atoms with Crippen molar-refractivity contribution in [2.75, 3.05) is 26.7 Å². The number of carbonyl (C=O) groups is 1. The predicted molar refractivity (Wildman–Crippen MR) is 77.4 cm³/mol. The van der Waals surface area contributed by atoms with Gasteiger partial charge in [0.05, 0.1) is 5.60 Å². The van der Waals surface area contributed by atoms with E-state index in [0.29, 0.717) is 6.54 Å². The summed E-state index contributed by atoms with van der Waals surface area (Å²) in [5.74, 6) is 0.0651. The molecule has 2 heterocycles. The van der Waals surface area contributed by atoms with Gasteiger partial charge in [0.15, 0.2) is 6.10 Å². The number of carbonyl (C=O) groups excluding carboxylic acids is 1. The lowest BCUT2D eigenvalue weighted by molar-refractivity contribution is -0.156. The second-order valence-electron chi connectivity index (χ2n) is 5.68. The Balaban J connectivity index is 1.98. The number of piperidine rings is 1. The summed E-state index contributed by atoms with van der Waals surface area (Å²) >= 11 is 0. The van der Waals surface area contributed by atoms with E-state index in [0.717, 1.165) is 31.5 Å². The number of hydrogen-bond acceptors (Lipinski definition) is 3. The second kappa shape index (κ2) is 5.19. The minimum Gasteiger partial charge on any atom is -0.352 e. The molecule has 1 unspecified atom stereocenters. The summed E-state index contributed by atoms with van der Waals surface area (Å²) in [5, 5.41) is 3.37. The van der Waals surface area contributed by atoms with Crippen LogP contribution >= 0.6 is 0 Å². The highest BCUT2D eigenvalue weighted by Crippen LogP contribution is 2.48. The largest absolute Gasteiger partial charge is 0.352 e. The van der Waals surface area contributed by atoms with E-state index in [9.17, 15) is 4.79 Å². The first-order valence-electron chi connectivity index (χ1n) is 7.41. The zero-order chi connectivity index (χ0) is 14.2. The number of amides is 1. The Kier molecular flexibility index (Phi) is 3.52. The van der Waals surface area contributed by atoms with Crippen molar-refractivity contribution in [2.24, 2.45) is 0 Å². The van der Waals surface area contributed by atoms with Crippen LogP contribution in [-0.4, -0.2) is 37.5 Å². The molecule has 1 N–H and O–H groups in total. The molecule has 2 aliphatic heterocycles. The third-order valence-electron chi connectivity index (χ3n) is 4.56. The normalized spacial score (nSPS) is 23.6. The van der Waals surface area contributed by atoms with Crippen LogP contribution < -0.4 is 5.32 Å². The Labute approximate surface area is 120 Å². The third kappa shape index (κ3) is 2.03. The maximum absolute atomic E-state index is 12.6. The Morgan fingerprint density at radius 2 is 2.10 bits per heavy atom. The van der Waals surface area contributed by atoms with Gasteiger partial charge < -0.3 is 15.0 Å². The standard InChI is InChI=1S/C16H22N2O2/c1-3-18(2)15(19)14-12-6-4-5-7-13(12)16(20-14)8-10-17-11-9-16/h4-7,14,17H,3,8-11H2,1-2H3. The topological polar surface area (TPSA) is 41.6 Å². The molecule has 0 saturated carbocycles. The lowest BCUT2D eigenvalue weighted by atomic mass is 9.84. The van der Waals surface area contributed by atoms with Crippen molar-refractivity contribution in [3.05, 3.63) is 35.4 Å². The van der Waals surface area contributed by atoms with Crippen molar-refractivity contribution in [3.63, 3.8) is 0 Å². The molecule has 1 aromatic carbocycles. The van der Waals surface area contributed by atoms with Crippen molar-refractivity contribution >= 4 is 5.91 Å². The molecule has 1 atom stereocenters. The minimum absolute atomic E-state index is 0.0651. The molecular weight excluding hydrogens is 252 g/mol. The number of hydrogen-bond donors (Lipinski definition) is 1. The van der Waals surface area contributed by atoms with Crippen LogP contribution in [0.4, 0.5) is 0 Å². The van der Waals surface area contributed by atoms with Gasteiger partial charge in [-0.05, 0) is 44.0 Å². The number of likely N-dealkylation sites (N-methyl/N-ethyl adjacent to an activating group) is 1. The summed E-state index contributed by atoms with van der Waals surface area (Å²) < 4.78 is 6.31. The smallest absolute Gasteiger partial charge is 0.256 e. The van der Waals surface area contributed by atoms with Gasteiger partial charge in [0.1, 0.15) is 0 Å². The molecule has 108 valence electrons. The Hall–Kier alpha value is -1.39. The molecule has 0 aromatic heterocycles. The van der Waals surface area contributed by atoms with Crippen LogP contribution in [0.1, 0.15) is 37.0 Å².